The van der Waals surface area contributed by atoms with Gasteiger partial charge in [-0.05, 0) is 31.9 Å². The number of rotatable bonds is 3. The standard InChI is InChI=1S/C12H16N2/c1-11-4-2-9-14(11)10-12(7-8-13)5-3-6-12/h2,4,9H,3,5-7,10H2,1H3. The lowest BCUT2D eigenvalue weighted by molar-refractivity contribution is 0.111. The molecule has 1 aliphatic rings. The smallest absolute Gasteiger partial charge is 0.0628 e. The van der Waals surface area contributed by atoms with Gasteiger partial charge in [-0.3, -0.25) is 0 Å². The summed E-state index contributed by atoms with van der Waals surface area (Å²) in [6, 6.07) is 6.53. The van der Waals surface area contributed by atoms with Gasteiger partial charge in [0.1, 0.15) is 0 Å². The van der Waals surface area contributed by atoms with E-state index >= 15 is 0 Å². The van der Waals surface area contributed by atoms with Crippen molar-refractivity contribution in [1.29, 1.82) is 5.26 Å². The minimum Gasteiger partial charge on any atom is -0.351 e. The van der Waals surface area contributed by atoms with E-state index in [2.05, 4.69) is 35.9 Å². The van der Waals surface area contributed by atoms with Gasteiger partial charge in [0.25, 0.3) is 0 Å². The Morgan fingerprint density at radius 3 is 2.79 bits per heavy atom. The van der Waals surface area contributed by atoms with E-state index in [0.29, 0.717) is 11.8 Å². The third kappa shape index (κ3) is 1.55. The number of nitrogens with zero attached hydrogens (tertiary/aromatic N) is 2. The first-order valence-corrected chi connectivity index (χ1v) is 5.24. The average molecular weight is 188 g/mol. The second kappa shape index (κ2) is 3.49. The van der Waals surface area contributed by atoms with E-state index in [-0.39, 0.29) is 0 Å². The highest BCUT2D eigenvalue weighted by molar-refractivity contribution is 5.06. The molecule has 1 aliphatic carbocycles. The summed E-state index contributed by atoms with van der Waals surface area (Å²) in [5.41, 5.74) is 1.59. The van der Waals surface area contributed by atoms with Gasteiger partial charge in [0, 0.05) is 30.3 Å². The van der Waals surface area contributed by atoms with E-state index in [1.807, 2.05) is 0 Å². The van der Waals surface area contributed by atoms with Crippen LogP contribution in [0.1, 0.15) is 31.4 Å². The summed E-state index contributed by atoms with van der Waals surface area (Å²) in [5.74, 6) is 0. The Morgan fingerprint density at radius 1 is 1.57 bits per heavy atom. The fourth-order valence-corrected chi connectivity index (χ4v) is 2.27. The maximum atomic E-state index is 8.81. The van der Waals surface area contributed by atoms with Crippen LogP contribution in [0.5, 0.6) is 0 Å². The molecule has 2 heteroatoms. The monoisotopic (exact) mass is 188 g/mol. The first-order chi connectivity index (χ1) is 6.76. The predicted octanol–water partition coefficient (Wildman–Crippen LogP) is 2.88. The molecular formula is C12H16N2. The van der Waals surface area contributed by atoms with Crippen molar-refractivity contribution in [3.05, 3.63) is 24.0 Å². The molecule has 14 heavy (non-hydrogen) atoms. The number of hydrogen-bond donors (Lipinski definition) is 0. The van der Waals surface area contributed by atoms with Gasteiger partial charge in [-0.15, -0.1) is 0 Å². The van der Waals surface area contributed by atoms with Crippen molar-refractivity contribution < 1.29 is 0 Å². The SMILES string of the molecule is Cc1cccn1CC1(CC#N)CCC1. The quantitative estimate of drug-likeness (QED) is 0.717. The van der Waals surface area contributed by atoms with Gasteiger partial charge in [-0.2, -0.15) is 5.26 Å². The summed E-state index contributed by atoms with van der Waals surface area (Å²) in [6.45, 7) is 3.15. The zero-order chi connectivity index (χ0) is 10.0. The van der Waals surface area contributed by atoms with Crippen LogP contribution >= 0.6 is 0 Å². The van der Waals surface area contributed by atoms with E-state index in [0.717, 1.165) is 6.54 Å². The summed E-state index contributed by atoms with van der Waals surface area (Å²) in [7, 11) is 0. The molecule has 0 amide bonds. The van der Waals surface area contributed by atoms with Gasteiger partial charge in [0.05, 0.1) is 6.07 Å². The molecule has 2 rings (SSSR count). The van der Waals surface area contributed by atoms with Crippen LogP contribution in [-0.2, 0) is 6.54 Å². The van der Waals surface area contributed by atoms with Crippen LogP contribution in [0.4, 0.5) is 0 Å². The van der Waals surface area contributed by atoms with Crippen LogP contribution in [0, 0.1) is 23.7 Å². The van der Waals surface area contributed by atoms with Crippen LogP contribution in [-0.4, -0.2) is 4.57 Å². The van der Waals surface area contributed by atoms with Gasteiger partial charge in [-0.1, -0.05) is 6.42 Å². The van der Waals surface area contributed by atoms with E-state index in [4.69, 9.17) is 5.26 Å². The van der Waals surface area contributed by atoms with E-state index in [1.54, 1.807) is 0 Å². The maximum absolute atomic E-state index is 8.81. The lowest BCUT2D eigenvalue weighted by Gasteiger charge is -2.40. The number of aryl methyl sites for hydroxylation is 1. The van der Waals surface area contributed by atoms with E-state index in [9.17, 15) is 0 Å². The predicted molar refractivity (Wildman–Crippen MR) is 55.7 cm³/mol. The first-order valence-electron chi connectivity index (χ1n) is 5.24. The minimum atomic E-state index is 0.290. The third-order valence-electron chi connectivity index (χ3n) is 3.43. The van der Waals surface area contributed by atoms with Crippen LogP contribution in [0.3, 0.4) is 0 Å². The van der Waals surface area contributed by atoms with Crippen molar-refractivity contribution in [3.63, 3.8) is 0 Å². The lowest BCUT2D eigenvalue weighted by Crippen LogP contribution is -2.33. The Kier molecular flexibility index (Phi) is 2.33. The van der Waals surface area contributed by atoms with Gasteiger partial charge in [0.2, 0.25) is 0 Å². The van der Waals surface area contributed by atoms with Crippen LogP contribution in [0.25, 0.3) is 0 Å². The molecule has 0 unspecified atom stereocenters. The molecule has 2 nitrogen and oxygen atoms in total. The molecule has 1 fully saturated rings. The van der Waals surface area contributed by atoms with Gasteiger partial charge < -0.3 is 4.57 Å². The molecule has 1 aromatic heterocycles. The summed E-state index contributed by atoms with van der Waals surface area (Å²) < 4.78 is 2.27. The molecule has 0 radical (unpaired) electrons. The summed E-state index contributed by atoms with van der Waals surface area (Å²) in [4.78, 5) is 0. The lowest BCUT2D eigenvalue weighted by atomic mass is 9.67. The number of nitriles is 1. The van der Waals surface area contributed by atoms with Crippen LogP contribution < -0.4 is 0 Å². The van der Waals surface area contributed by atoms with Crippen LogP contribution in [0.2, 0.25) is 0 Å². The van der Waals surface area contributed by atoms with Crippen molar-refractivity contribution in [1.82, 2.24) is 4.57 Å². The Labute approximate surface area is 85.2 Å². The molecule has 0 atom stereocenters. The maximum Gasteiger partial charge on any atom is 0.0628 e. The second-order valence-corrected chi connectivity index (χ2v) is 4.47. The third-order valence-corrected chi connectivity index (χ3v) is 3.43. The minimum absolute atomic E-state index is 0.290. The Bertz CT molecular complexity index is 353. The van der Waals surface area contributed by atoms with Crippen molar-refractivity contribution in [2.24, 2.45) is 5.41 Å². The highest BCUT2D eigenvalue weighted by atomic mass is 15.0. The van der Waals surface area contributed by atoms with E-state index < -0.39 is 0 Å². The molecule has 0 bridgehead atoms. The second-order valence-electron chi connectivity index (χ2n) is 4.47. The zero-order valence-corrected chi connectivity index (χ0v) is 8.66. The molecule has 0 saturated heterocycles. The first kappa shape index (κ1) is 9.33. The molecule has 1 heterocycles. The van der Waals surface area contributed by atoms with Crippen molar-refractivity contribution in [3.8, 4) is 6.07 Å². The summed E-state index contributed by atoms with van der Waals surface area (Å²) in [5, 5.41) is 8.81. The Hall–Kier alpha value is -1.23. The zero-order valence-electron chi connectivity index (χ0n) is 8.66. The number of aromatic nitrogens is 1. The molecule has 1 saturated carbocycles. The highest BCUT2D eigenvalue weighted by Gasteiger charge is 2.37. The summed E-state index contributed by atoms with van der Waals surface area (Å²) in [6.07, 6.45) is 6.57. The van der Waals surface area contributed by atoms with Gasteiger partial charge >= 0.3 is 0 Å². The number of hydrogen-bond acceptors (Lipinski definition) is 1. The average Bonchev–Trinajstić information content (AvgIpc) is 2.48. The topological polar surface area (TPSA) is 28.7 Å². The molecule has 0 N–H and O–H groups in total. The molecular weight excluding hydrogens is 172 g/mol. The van der Waals surface area contributed by atoms with Crippen LogP contribution in [0.15, 0.2) is 18.3 Å². The van der Waals surface area contributed by atoms with Gasteiger partial charge in [-0.25, -0.2) is 0 Å². The van der Waals surface area contributed by atoms with Crippen molar-refractivity contribution >= 4 is 0 Å². The van der Waals surface area contributed by atoms with Crippen molar-refractivity contribution in [2.75, 3.05) is 0 Å². The fraction of sp³-hybridized carbons (Fsp3) is 0.583. The Morgan fingerprint density at radius 2 is 2.36 bits per heavy atom. The fourth-order valence-electron chi connectivity index (χ4n) is 2.27. The molecule has 74 valence electrons. The normalized spacial score (nSPS) is 18.6. The molecule has 0 aliphatic heterocycles. The molecule has 0 spiro atoms. The molecule has 0 aromatic carbocycles. The Balaban J connectivity index is 2.09. The largest absolute Gasteiger partial charge is 0.351 e. The van der Waals surface area contributed by atoms with Crippen molar-refractivity contribution in [2.45, 2.75) is 39.2 Å². The molecule has 1 aromatic rings. The van der Waals surface area contributed by atoms with E-state index in [1.165, 1.54) is 25.0 Å². The highest BCUT2D eigenvalue weighted by Crippen LogP contribution is 2.45. The van der Waals surface area contributed by atoms with Gasteiger partial charge in [0.15, 0.2) is 0 Å². The summed E-state index contributed by atoms with van der Waals surface area (Å²) >= 11 is 0.